The van der Waals surface area contributed by atoms with Gasteiger partial charge in [-0.3, -0.25) is 0 Å². The Balaban J connectivity index is 2.01. The molecule has 1 aromatic rings. The molecule has 0 aromatic heterocycles. The molecule has 0 saturated carbocycles. The molecule has 1 saturated heterocycles. The monoisotopic (exact) mass is 335 g/mol. The first-order valence-corrected chi connectivity index (χ1v) is 8.49. The van der Waals surface area contributed by atoms with Gasteiger partial charge in [0.2, 0.25) is 6.29 Å². The molecule has 0 bridgehead atoms. The van der Waals surface area contributed by atoms with Gasteiger partial charge in [0.15, 0.2) is 0 Å². The molecule has 0 aliphatic carbocycles. The van der Waals surface area contributed by atoms with Gasteiger partial charge in [0.1, 0.15) is 0 Å². The number of carbonyl (C=O) groups excluding carboxylic acids is 1. The van der Waals surface area contributed by atoms with E-state index in [1.54, 1.807) is 4.90 Å². The number of ether oxygens (including phenoxy) is 2. The van der Waals surface area contributed by atoms with E-state index in [-0.39, 0.29) is 6.09 Å². The molecule has 1 heterocycles. The summed E-state index contributed by atoms with van der Waals surface area (Å²) in [5.74, 6) is 0. The highest BCUT2D eigenvalue weighted by atomic mass is 16.7. The van der Waals surface area contributed by atoms with Crippen molar-refractivity contribution in [1.82, 2.24) is 10.2 Å². The van der Waals surface area contributed by atoms with Crippen molar-refractivity contribution in [2.75, 3.05) is 26.2 Å². The molecule has 0 spiro atoms. The Morgan fingerprint density at radius 1 is 1.25 bits per heavy atom. The molecule has 134 valence electrons. The van der Waals surface area contributed by atoms with Gasteiger partial charge < -0.3 is 25.4 Å². The van der Waals surface area contributed by atoms with Gasteiger partial charge in [0, 0.05) is 26.2 Å². The zero-order chi connectivity index (χ0) is 17.6. The summed E-state index contributed by atoms with van der Waals surface area (Å²) in [6.07, 6.45) is -0.571. The van der Waals surface area contributed by atoms with E-state index in [1.165, 1.54) is 0 Å². The highest BCUT2D eigenvalue weighted by molar-refractivity contribution is 5.68. The van der Waals surface area contributed by atoms with Crippen LogP contribution in [0.4, 0.5) is 4.79 Å². The molecule has 1 fully saturated rings. The minimum Gasteiger partial charge on any atom is -0.418 e. The van der Waals surface area contributed by atoms with Crippen molar-refractivity contribution in [3.8, 4) is 0 Å². The maximum Gasteiger partial charge on any atom is 0.412 e. The lowest BCUT2D eigenvalue weighted by Crippen LogP contribution is -2.51. The van der Waals surface area contributed by atoms with Gasteiger partial charge in [-0.05, 0) is 32.8 Å². The van der Waals surface area contributed by atoms with Crippen LogP contribution in [-0.4, -0.2) is 55.1 Å². The summed E-state index contributed by atoms with van der Waals surface area (Å²) in [5.41, 5.74) is 6.93. The number of hydrogen-bond donors (Lipinski definition) is 2. The zero-order valence-corrected chi connectivity index (χ0v) is 14.8. The molecule has 0 radical (unpaired) electrons. The van der Waals surface area contributed by atoms with Crippen molar-refractivity contribution in [3.63, 3.8) is 0 Å². The maximum atomic E-state index is 12.4. The molecule has 1 amide bonds. The van der Waals surface area contributed by atoms with Crippen LogP contribution in [0.2, 0.25) is 0 Å². The second-order valence-corrected chi connectivity index (χ2v) is 7.07. The van der Waals surface area contributed by atoms with Gasteiger partial charge >= 0.3 is 6.09 Å². The van der Waals surface area contributed by atoms with Gasteiger partial charge in [0.05, 0.1) is 11.6 Å². The fraction of sp³-hybridized carbons (Fsp3) is 0.611. The van der Waals surface area contributed by atoms with Crippen LogP contribution in [0.5, 0.6) is 0 Å². The number of piperazine rings is 1. The molecular weight excluding hydrogens is 306 g/mol. The van der Waals surface area contributed by atoms with E-state index in [1.807, 2.05) is 51.1 Å². The molecule has 1 aromatic carbocycles. The number of nitrogens with one attached hydrogen (secondary N) is 1. The molecule has 24 heavy (non-hydrogen) atoms. The normalized spacial score (nSPS) is 18.1. The lowest BCUT2D eigenvalue weighted by molar-refractivity contribution is -0.180. The Labute approximate surface area is 144 Å². The van der Waals surface area contributed by atoms with Gasteiger partial charge in [-0.15, -0.1) is 0 Å². The summed E-state index contributed by atoms with van der Waals surface area (Å²) >= 11 is 0. The standard InChI is InChI=1S/C18H29N3O3/c1-18(2,3)24-16(15(19)13-14-7-5-4-6-8-14)23-17(22)21-11-9-20-10-12-21/h4-8,15-16,20H,9-13,19H2,1-3H3. The Kier molecular flexibility index (Phi) is 6.60. The number of amides is 1. The lowest BCUT2D eigenvalue weighted by atomic mass is 10.1. The Morgan fingerprint density at radius 3 is 2.46 bits per heavy atom. The summed E-state index contributed by atoms with van der Waals surface area (Å²) < 4.78 is 11.5. The number of hydrogen-bond acceptors (Lipinski definition) is 5. The van der Waals surface area contributed by atoms with Crippen LogP contribution < -0.4 is 11.1 Å². The fourth-order valence-electron chi connectivity index (χ4n) is 2.55. The smallest absolute Gasteiger partial charge is 0.412 e. The molecule has 1 aliphatic heterocycles. The van der Waals surface area contributed by atoms with Crippen LogP contribution in [-0.2, 0) is 15.9 Å². The van der Waals surface area contributed by atoms with Crippen molar-refractivity contribution in [1.29, 1.82) is 0 Å². The number of benzene rings is 1. The van der Waals surface area contributed by atoms with Crippen LogP contribution in [0.25, 0.3) is 0 Å². The summed E-state index contributed by atoms with van der Waals surface area (Å²) in [5, 5.41) is 3.21. The molecule has 6 heteroatoms. The highest BCUT2D eigenvalue weighted by Gasteiger charge is 2.30. The number of nitrogens with two attached hydrogens (primary N) is 1. The third kappa shape index (κ3) is 6.11. The van der Waals surface area contributed by atoms with E-state index in [2.05, 4.69) is 5.32 Å². The van der Waals surface area contributed by atoms with Crippen LogP contribution >= 0.6 is 0 Å². The molecule has 2 unspecified atom stereocenters. The molecule has 6 nitrogen and oxygen atoms in total. The first-order valence-electron chi connectivity index (χ1n) is 8.49. The van der Waals surface area contributed by atoms with Gasteiger partial charge in [-0.25, -0.2) is 4.79 Å². The summed E-state index contributed by atoms with van der Waals surface area (Å²) in [6.45, 7) is 8.59. The second kappa shape index (κ2) is 8.46. The Hall–Kier alpha value is -1.63. The predicted molar refractivity (Wildman–Crippen MR) is 93.7 cm³/mol. The average molecular weight is 335 g/mol. The van der Waals surface area contributed by atoms with E-state index in [0.717, 1.165) is 18.7 Å². The van der Waals surface area contributed by atoms with Gasteiger partial charge in [0.25, 0.3) is 0 Å². The van der Waals surface area contributed by atoms with E-state index >= 15 is 0 Å². The number of nitrogens with zero attached hydrogens (tertiary/aromatic N) is 1. The second-order valence-electron chi connectivity index (χ2n) is 7.07. The maximum absolute atomic E-state index is 12.4. The third-order valence-electron chi connectivity index (χ3n) is 3.73. The van der Waals surface area contributed by atoms with Crippen LogP contribution in [0, 0.1) is 0 Å². The molecular formula is C18H29N3O3. The quantitative estimate of drug-likeness (QED) is 0.802. The fourth-order valence-corrected chi connectivity index (χ4v) is 2.55. The molecule has 1 aliphatic rings. The molecule has 2 rings (SSSR count). The molecule has 2 atom stereocenters. The van der Waals surface area contributed by atoms with Gasteiger partial charge in [-0.2, -0.15) is 0 Å². The summed E-state index contributed by atoms with van der Waals surface area (Å²) in [6, 6.07) is 9.47. The summed E-state index contributed by atoms with van der Waals surface area (Å²) in [7, 11) is 0. The first-order chi connectivity index (χ1) is 11.3. The van der Waals surface area contributed by atoms with Crippen molar-refractivity contribution in [2.24, 2.45) is 5.73 Å². The number of carbonyl (C=O) groups is 1. The largest absolute Gasteiger partial charge is 0.418 e. The van der Waals surface area contributed by atoms with E-state index in [9.17, 15) is 4.79 Å². The predicted octanol–water partition coefficient (Wildman–Crippen LogP) is 1.74. The highest BCUT2D eigenvalue weighted by Crippen LogP contribution is 2.17. The SMILES string of the molecule is CC(C)(C)OC(OC(=O)N1CCNCC1)C(N)Cc1ccccc1. The van der Waals surface area contributed by atoms with Crippen molar-refractivity contribution < 1.29 is 14.3 Å². The van der Waals surface area contributed by atoms with Crippen LogP contribution in [0.15, 0.2) is 30.3 Å². The van der Waals surface area contributed by atoms with Crippen LogP contribution in [0.1, 0.15) is 26.3 Å². The van der Waals surface area contributed by atoms with E-state index in [0.29, 0.717) is 19.5 Å². The third-order valence-corrected chi connectivity index (χ3v) is 3.73. The van der Waals surface area contributed by atoms with E-state index < -0.39 is 17.9 Å². The lowest BCUT2D eigenvalue weighted by Gasteiger charge is -2.33. The van der Waals surface area contributed by atoms with Crippen molar-refractivity contribution in [2.45, 2.75) is 45.1 Å². The van der Waals surface area contributed by atoms with Crippen molar-refractivity contribution in [3.05, 3.63) is 35.9 Å². The van der Waals surface area contributed by atoms with Crippen LogP contribution in [0.3, 0.4) is 0 Å². The summed E-state index contributed by atoms with van der Waals surface area (Å²) in [4.78, 5) is 14.1. The Morgan fingerprint density at radius 2 is 1.88 bits per heavy atom. The van der Waals surface area contributed by atoms with Gasteiger partial charge in [-0.1, -0.05) is 30.3 Å². The number of rotatable bonds is 5. The Bertz CT molecular complexity index is 510. The minimum absolute atomic E-state index is 0.366. The average Bonchev–Trinajstić information content (AvgIpc) is 2.54. The first kappa shape index (κ1) is 18.7. The topological polar surface area (TPSA) is 76.8 Å². The van der Waals surface area contributed by atoms with Crippen molar-refractivity contribution >= 4 is 6.09 Å². The minimum atomic E-state index is -0.785. The zero-order valence-electron chi connectivity index (χ0n) is 14.8. The van der Waals surface area contributed by atoms with E-state index in [4.69, 9.17) is 15.2 Å². The molecule has 3 N–H and O–H groups in total.